The van der Waals surface area contributed by atoms with Crippen LogP contribution >= 0.6 is 0 Å². The smallest absolute Gasteiger partial charge is 0.244 e. The summed E-state index contributed by atoms with van der Waals surface area (Å²) in [7, 11) is -2.30. The Morgan fingerprint density at radius 2 is 1.82 bits per heavy atom. The Balaban J connectivity index is 2.39. The normalized spacial score (nSPS) is 12.0. The first-order valence-corrected chi connectivity index (χ1v) is 12.7. The molecule has 0 heterocycles. The van der Waals surface area contributed by atoms with Gasteiger partial charge in [0.1, 0.15) is 18.3 Å². The van der Waals surface area contributed by atoms with Gasteiger partial charge < -0.3 is 15.0 Å². The lowest BCUT2D eigenvalue weighted by Crippen LogP contribution is -2.51. The van der Waals surface area contributed by atoms with E-state index in [2.05, 4.69) is 5.32 Å². The maximum absolute atomic E-state index is 13.5. The van der Waals surface area contributed by atoms with Crippen molar-refractivity contribution in [3.8, 4) is 5.75 Å². The summed E-state index contributed by atoms with van der Waals surface area (Å²) in [5.41, 5.74) is 2.17. The summed E-state index contributed by atoms with van der Waals surface area (Å²) in [5.74, 6) is -0.297. The SMILES string of the molecule is CCCNC(=O)[C@@H](C)N(Cc1ccccc1C)C(=O)CN(c1cccc(OC)c1)S(C)(=O)=O. The molecule has 2 aromatic carbocycles. The van der Waals surface area contributed by atoms with E-state index >= 15 is 0 Å². The second-order valence-electron chi connectivity index (χ2n) is 7.89. The van der Waals surface area contributed by atoms with Crippen molar-refractivity contribution in [3.05, 3.63) is 59.7 Å². The Kier molecular flexibility index (Phi) is 9.28. The van der Waals surface area contributed by atoms with E-state index in [4.69, 9.17) is 4.74 Å². The van der Waals surface area contributed by atoms with Crippen LogP contribution in [-0.2, 0) is 26.2 Å². The van der Waals surface area contributed by atoms with Crippen molar-refractivity contribution in [1.82, 2.24) is 10.2 Å². The van der Waals surface area contributed by atoms with Gasteiger partial charge in [-0.1, -0.05) is 37.3 Å². The van der Waals surface area contributed by atoms with E-state index in [0.717, 1.165) is 28.1 Å². The van der Waals surface area contributed by atoms with Crippen molar-refractivity contribution >= 4 is 27.5 Å². The van der Waals surface area contributed by atoms with Crippen LogP contribution < -0.4 is 14.4 Å². The molecule has 1 N–H and O–H groups in total. The number of methoxy groups -OCH3 is 1. The van der Waals surface area contributed by atoms with Crippen LogP contribution in [0, 0.1) is 6.92 Å². The largest absolute Gasteiger partial charge is 0.497 e. The number of hydrogen-bond donors (Lipinski definition) is 1. The van der Waals surface area contributed by atoms with Crippen molar-refractivity contribution in [2.24, 2.45) is 0 Å². The predicted octanol–water partition coefficient (Wildman–Crippen LogP) is 2.71. The average molecular weight is 476 g/mol. The van der Waals surface area contributed by atoms with E-state index in [9.17, 15) is 18.0 Å². The summed E-state index contributed by atoms with van der Waals surface area (Å²) in [5, 5.41) is 2.82. The number of rotatable bonds is 11. The zero-order chi connectivity index (χ0) is 24.6. The summed E-state index contributed by atoms with van der Waals surface area (Å²) in [4.78, 5) is 27.6. The molecular formula is C24H33N3O5S. The van der Waals surface area contributed by atoms with E-state index in [1.54, 1.807) is 31.2 Å². The van der Waals surface area contributed by atoms with Gasteiger partial charge in [-0.25, -0.2) is 8.42 Å². The fourth-order valence-corrected chi connectivity index (χ4v) is 4.17. The van der Waals surface area contributed by atoms with Crippen LogP contribution in [0.4, 0.5) is 5.69 Å². The van der Waals surface area contributed by atoms with E-state index < -0.39 is 28.5 Å². The minimum absolute atomic E-state index is 0.182. The molecule has 0 unspecified atom stereocenters. The Labute approximate surface area is 196 Å². The molecule has 1 atom stereocenters. The summed E-state index contributed by atoms with van der Waals surface area (Å²) in [6, 6.07) is 13.3. The van der Waals surface area contributed by atoms with Crippen LogP contribution in [0.1, 0.15) is 31.4 Å². The third-order valence-corrected chi connectivity index (χ3v) is 6.48. The standard InChI is InChI=1S/C24H33N3O5S/c1-6-14-25-24(29)19(3)26(16-20-11-8-7-10-18(20)2)23(28)17-27(33(5,30)31)21-12-9-13-22(15-21)32-4/h7-13,15,19H,6,14,16-17H2,1-5H3,(H,25,29)/t19-/m1/s1. The van der Waals surface area contributed by atoms with Crippen molar-refractivity contribution in [1.29, 1.82) is 0 Å². The van der Waals surface area contributed by atoms with Gasteiger partial charge in [-0.05, 0) is 43.5 Å². The topological polar surface area (TPSA) is 96.0 Å². The van der Waals surface area contributed by atoms with Gasteiger partial charge >= 0.3 is 0 Å². The molecule has 0 aromatic heterocycles. The maximum Gasteiger partial charge on any atom is 0.244 e. The molecule has 2 amide bonds. The molecule has 180 valence electrons. The fourth-order valence-electron chi connectivity index (χ4n) is 3.33. The summed E-state index contributed by atoms with van der Waals surface area (Å²) < 4.78 is 31.4. The first-order valence-electron chi connectivity index (χ1n) is 10.8. The second kappa shape index (κ2) is 11.7. The molecule has 0 saturated carbocycles. The minimum Gasteiger partial charge on any atom is -0.497 e. The summed E-state index contributed by atoms with van der Waals surface area (Å²) in [6.45, 7) is 5.76. The Morgan fingerprint density at radius 3 is 2.42 bits per heavy atom. The molecule has 2 rings (SSSR count). The van der Waals surface area contributed by atoms with Crippen molar-refractivity contribution < 1.29 is 22.7 Å². The first-order chi connectivity index (χ1) is 15.6. The van der Waals surface area contributed by atoms with Gasteiger partial charge in [0.25, 0.3) is 0 Å². The number of anilines is 1. The van der Waals surface area contributed by atoms with Crippen LogP contribution in [0.3, 0.4) is 0 Å². The third-order valence-electron chi connectivity index (χ3n) is 5.34. The van der Waals surface area contributed by atoms with E-state index in [1.165, 1.54) is 12.0 Å². The number of amides is 2. The lowest BCUT2D eigenvalue weighted by molar-refractivity contribution is -0.139. The van der Waals surface area contributed by atoms with Crippen molar-refractivity contribution in [2.45, 2.75) is 39.8 Å². The van der Waals surface area contributed by atoms with Crippen LogP contribution in [0.5, 0.6) is 5.75 Å². The predicted molar refractivity (Wildman–Crippen MR) is 130 cm³/mol. The molecular weight excluding hydrogens is 442 g/mol. The summed E-state index contributed by atoms with van der Waals surface area (Å²) >= 11 is 0. The number of hydrogen-bond acceptors (Lipinski definition) is 5. The molecule has 0 aliphatic rings. The monoisotopic (exact) mass is 475 g/mol. The second-order valence-corrected chi connectivity index (χ2v) is 9.79. The van der Waals surface area contributed by atoms with Gasteiger partial charge in [0.15, 0.2) is 0 Å². The maximum atomic E-state index is 13.5. The molecule has 0 saturated heterocycles. The Morgan fingerprint density at radius 1 is 1.12 bits per heavy atom. The highest BCUT2D eigenvalue weighted by atomic mass is 32.2. The Hall–Kier alpha value is -3.07. The fraction of sp³-hybridized carbons (Fsp3) is 0.417. The van der Waals surface area contributed by atoms with Gasteiger partial charge in [-0.15, -0.1) is 0 Å². The number of benzene rings is 2. The highest BCUT2D eigenvalue weighted by Crippen LogP contribution is 2.24. The third kappa shape index (κ3) is 7.21. The molecule has 0 radical (unpaired) electrons. The number of nitrogens with zero attached hydrogens (tertiary/aromatic N) is 2. The van der Waals surface area contributed by atoms with E-state index in [0.29, 0.717) is 18.0 Å². The van der Waals surface area contributed by atoms with Gasteiger partial charge in [0.2, 0.25) is 21.8 Å². The van der Waals surface area contributed by atoms with Gasteiger partial charge in [-0.3, -0.25) is 13.9 Å². The molecule has 0 fully saturated rings. The molecule has 0 bridgehead atoms. The van der Waals surface area contributed by atoms with Crippen molar-refractivity contribution in [2.75, 3.05) is 30.8 Å². The number of nitrogens with one attached hydrogen (secondary N) is 1. The first kappa shape index (κ1) is 26.2. The number of carbonyl (C=O) groups excluding carboxylic acids is 2. The summed E-state index contributed by atoms with van der Waals surface area (Å²) in [6.07, 6.45) is 1.81. The minimum atomic E-state index is -3.78. The highest BCUT2D eigenvalue weighted by Gasteiger charge is 2.30. The van der Waals surface area contributed by atoms with Crippen molar-refractivity contribution in [3.63, 3.8) is 0 Å². The molecule has 33 heavy (non-hydrogen) atoms. The van der Waals surface area contributed by atoms with E-state index in [-0.39, 0.29) is 12.5 Å². The zero-order valence-electron chi connectivity index (χ0n) is 19.9. The molecule has 9 heteroatoms. The van der Waals surface area contributed by atoms with E-state index in [1.807, 2.05) is 38.1 Å². The molecule has 0 aliphatic heterocycles. The van der Waals surface area contributed by atoms with Crippen LogP contribution in [0.2, 0.25) is 0 Å². The van der Waals surface area contributed by atoms with Gasteiger partial charge in [0, 0.05) is 19.2 Å². The van der Waals surface area contributed by atoms with Gasteiger partial charge in [0.05, 0.1) is 19.1 Å². The zero-order valence-corrected chi connectivity index (χ0v) is 20.7. The number of aryl methyl sites for hydroxylation is 1. The van der Waals surface area contributed by atoms with Crippen LogP contribution in [-0.4, -0.2) is 57.6 Å². The average Bonchev–Trinajstić information content (AvgIpc) is 2.79. The molecule has 8 nitrogen and oxygen atoms in total. The van der Waals surface area contributed by atoms with Crippen LogP contribution in [0.25, 0.3) is 0 Å². The molecule has 2 aromatic rings. The number of sulfonamides is 1. The number of carbonyl (C=O) groups is 2. The van der Waals surface area contributed by atoms with Crippen LogP contribution in [0.15, 0.2) is 48.5 Å². The molecule has 0 aliphatic carbocycles. The quantitative estimate of drug-likeness (QED) is 0.539. The lowest BCUT2D eigenvalue weighted by Gasteiger charge is -2.32. The number of ether oxygens (including phenoxy) is 1. The Bertz CT molecular complexity index is 1070. The van der Waals surface area contributed by atoms with Gasteiger partial charge in [-0.2, -0.15) is 0 Å². The molecule has 0 spiro atoms. The lowest BCUT2D eigenvalue weighted by atomic mass is 10.1. The highest BCUT2D eigenvalue weighted by molar-refractivity contribution is 7.92.